The Kier molecular flexibility index (Phi) is 10.5. The third kappa shape index (κ3) is 8.64. The first-order valence-electron chi connectivity index (χ1n) is 11.3. The van der Waals surface area contributed by atoms with E-state index in [1.54, 1.807) is 72.8 Å². The summed E-state index contributed by atoms with van der Waals surface area (Å²) in [5.41, 5.74) is 7.89. The molecule has 0 aliphatic rings. The number of carbonyl (C=O) groups is 2. The maximum atomic E-state index is 12.8. The highest BCUT2D eigenvalue weighted by Crippen LogP contribution is 2.28. The fourth-order valence-electron chi connectivity index (χ4n) is 3.34. The SMILES string of the molecule is CO[C@H](/C=C/C(=O)Nc1ccccc1N)[C@H](OC(=O)Nc1ccc(Br)cc1)c1cccc(OCCO)c1. The number of rotatable bonds is 11. The van der Waals surface area contributed by atoms with Crippen molar-refractivity contribution in [3.05, 3.63) is 95.0 Å². The van der Waals surface area contributed by atoms with Crippen LogP contribution < -0.4 is 21.1 Å². The van der Waals surface area contributed by atoms with E-state index in [-0.39, 0.29) is 13.2 Å². The summed E-state index contributed by atoms with van der Waals surface area (Å²) in [5.74, 6) is 0.0441. The molecule has 3 aromatic rings. The van der Waals surface area contributed by atoms with E-state index in [1.807, 2.05) is 0 Å². The van der Waals surface area contributed by atoms with Crippen LogP contribution in [0, 0.1) is 0 Å². The van der Waals surface area contributed by atoms with Gasteiger partial charge in [-0.15, -0.1) is 0 Å². The lowest BCUT2D eigenvalue weighted by Gasteiger charge is -2.25. The number of ether oxygens (including phenoxy) is 3. The average molecular weight is 570 g/mol. The van der Waals surface area contributed by atoms with E-state index in [1.165, 1.54) is 19.3 Å². The van der Waals surface area contributed by atoms with Crippen molar-refractivity contribution in [2.75, 3.05) is 36.7 Å². The Hall–Kier alpha value is -3.86. The highest BCUT2D eigenvalue weighted by atomic mass is 79.9. The van der Waals surface area contributed by atoms with Gasteiger partial charge in [0.25, 0.3) is 0 Å². The first-order valence-corrected chi connectivity index (χ1v) is 12.1. The van der Waals surface area contributed by atoms with Gasteiger partial charge >= 0.3 is 6.09 Å². The zero-order valence-electron chi connectivity index (χ0n) is 20.1. The number of nitrogens with one attached hydrogen (secondary N) is 2. The van der Waals surface area contributed by atoms with Crippen LogP contribution in [-0.2, 0) is 14.3 Å². The number of benzene rings is 3. The zero-order valence-corrected chi connectivity index (χ0v) is 21.7. The number of aliphatic hydroxyl groups excluding tert-OH is 1. The Morgan fingerprint density at radius 1 is 1.05 bits per heavy atom. The Balaban J connectivity index is 1.82. The fourth-order valence-corrected chi connectivity index (χ4v) is 3.60. The van der Waals surface area contributed by atoms with Crippen LogP contribution in [0.4, 0.5) is 21.9 Å². The maximum absolute atomic E-state index is 12.8. The second-order valence-electron chi connectivity index (χ2n) is 7.74. The molecule has 0 saturated carbocycles. The van der Waals surface area contributed by atoms with Crippen molar-refractivity contribution in [2.45, 2.75) is 12.2 Å². The van der Waals surface area contributed by atoms with Crippen LogP contribution in [0.1, 0.15) is 11.7 Å². The van der Waals surface area contributed by atoms with Gasteiger partial charge in [-0.3, -0.25) is 10.1 Å². The topological polar surface area (TPSA) is 132 Å². The van der Waals surface area contributed by atoms with Gasteiger partial charge in [0.1, 0.15) is 18.5 Å². The first-order chi connectivity index (χ1) is 17.9. The van der Waals surface area contributed by atoms with Crippen LogP contribution in [0.3, 0.4) is 0 Å². The van der Waals surface area contributed by atoms with Crippen molar-refractivity contribution in [1.29, 1.82) is 0 Å². The standard InChI is InChI=1S/C27H28BrN3O6/c1-35-24(13-14-25(33)31-23-8-3-2-7-22(23)29)26(18-5-4-6-21(17-18)36-16-15-32)37-27(34)30-20-11-9-19(28)10-12-20/h2-14,17,24,26,32H,15-16,29H2,1H3,(H,30,34)(H,31,33)/b14-13+/t24-,26-/m1/s1. The minimum atomic E-state index is -0.941. The number of amides is 2. The number of hydrogen-bond donors (Lipinski definition) is 4. The minimum Gasteiger partial charge on any atom is -0.491 e. The molecule has 0 heterocycles. The van der Waals surface area contributed by atoms with Crippen LogP contribution in [-0.4, -0.2) is 43.5 Å². The number of nitrogen functional groups attached to an aromatic ring is 1. The molecule has 0 aliphatic heterocycles. The second kappa shape index (κ2) is 14.0. The molecule has 37 heavy (non-hydrogen) atoms. The monoisotopic (exact) mass is 569 g/mol. The Bertz CT molecular complexity index is 1220. The highest BCUT2D eigenvalue weighted by molar-refractivity contribution is 9.10. The summed E-state index contributed by atoms with van der Waals surface area (Å²) in [4.78, 5) is 25.3. The minimum absolute atomic E-state index is 0.107. The van der Waals surface area contributed by atoms with Crippen molar-refractivity contribution >= 4 is 45.0 Å². The van der Waals surface area contributed by atoms with Crippen molar-refractivity contribution in [3.63, 3.8) is 0 Å². The Morgan fingerprint density at radius 2 is 1.81 bits per heavy atom. The van der Waals surface area contributed by atoms with Gasteiger partial charge in [-0.25, -0.2) is 4.79 Å². The van der Waals surface area contributed by atoms with Gasteiger partial charge < -0.3 is 30.4 Å². The van der Waals surface area contributed by atoms with E-state index in [4.69, 9.17) is 25.1 Å². The summed E-state index contributed by atoms with van der Waals surface area (Å²) in [6.45, 7) is -0.0420. The van der Waals surface area contributed by atoms with Crippen LogP contribution in [0.5, 0.6) is 5.75 Å². The molecule has 0 bridgehead atoms. The van der Waals surface area contributed by atoms with Gasteiger partial charge in [0, 0.05) is 23.3 Å². The molecule has 9 nitrogen and oxygen atoms in total. The molecule has 5 N–H and O–H groups in total. The van der Waals surface area contributed by atoms with E-state index >= 15 is 0 Å². The molecule has 0 aromatic heterocycles. The van der Waals surface area contributed by atoms with Gasteiger partial charge in [-0.1, -0.05) is 40.2 Å². The van der Waals surface area contributed by atoms with Crippen molar-refractivity contribution < 1.29 is 28.9 Å². The quantitative estimate of drug-likeness (QED) is 0.190. The number of para-hydroxylation sites is 2. The summed E-state index contributed by atoms with van der Waals surface area (Å²) >= 11 is 3.35. The number of halogens is 1. The first kappa shape index (κ1) is 27.7. The molecule has 0 aliphatic carbocycles. The summed E-state index contributed by atoms with van der Waals surface area (Å²) in [6.07, 6.45) is 0.292. The molecule has 0 spiro atoms. The third-order valence-electron chi connectivity index (χ3n) is 5.10. The van der Waals surface area contributed by atoms with Gasteiger partial charge in [0.15, 0.2) is 6.10 Å². The molecule has 2 atom stereocenters. The highest BCUT2D eigenvalue weighted by Gasteiger charge is 2.26. The normalized spacial score (nSPS) is 12.5. The molecular formula is C27H28BrN3O6. The van der Waals surface area contributed by atoms with Crippen LogP contribution in [0.15, 0.2) is 89.4 Å². The summed E-state index contributed by atoms with van der Waals surface area (Å²) in [5, 5.41) is 14.5. The predicted molar refractivity (Wildman–Crippen MR) is 145 cm³/mol. The maximum Gasteiger partial charge on any atom is 0.412 e. The van der Waals surface area contributed by atoms with Crippen LogP contribution in [0.25, 0.3) is 0 Å². The van der Waals surface area contributed by atoms with E-state index < -0.39 is 24.2 Å². The Morgan fingerprint density at radius 3 is 2.51 bits per heavy atom. The number of anilines is 3. The van der Waals surface area contributed by atoms with E-state index in [0.29, 0.717) is 28.4 Å². The molecule has 3 rings (SSSR count). The summed E-state index contributed by atoms with van der Waals surface area (Å²) in [6, 6.07) is 20.8. The molecule has 10 heteroatoms. The van der Waals surface area contributed by atoms with Gasteiger partial charge in [0.2, 0.25) is 5.91 Å². The number of hydrogen-bond acceptors (Lipinski definition) is 7. The molecular weight excluding hydrogens is 542 g/mol. The van der Waals surface area contributed by atoms with Crippen molar-refractivity contribution in [3.8, 4) is 5.75 Å². The summed E-state index contributed by atoms with van der Waals surface area (Å²) in [7, 11) is 1.44. The van der Waals surface area contributed by atoms with Gasteiger partial charge in [-0.05, 0) is 60.2 Å². The lowest BCUT2D eigenvalue weighted by molar-refractivity contribution is -0.112. The number of aliphatic hydroxyl groups is 1. The third-order valence-corrected chi connectivity index (χ3v) is 5.63. The molecule has 0 saturated heterocycles. The van der Waals surface area contributed by atoms with E-state index in [2.05, 4.69) is 26.6 Å². The van der Waals surface area contributed by atoms with Crippen LogP contribution in [0.2, 0.25) is 0 Å². The van der Waals surface area contributed by atoms with Crippen LogP contribution >= 0.6 is 15.9 Å². The number of nitrogens with two attached hydrogens (primary N) is 1. The lowest BCUT2D eigenvalue weighted by Crippen LogP contribution is -2.27. The summed E-state index contributed by atoms with van der Waals surface area (Å²) < 4.78 is 17.7. The molecule has 0 radical (unpaired) electrons. The Labute approximate surface area is 223 Å². The molecule has 0 fully saturated rings. The zero-order chi connectivity index (χ0) is 26.6. The van der Waals surface area contributed by atoms with Gasteiger partial charge in [-0.2, -0.15) is 0 Å². The van der Waals surface area contributed by atoms with Crippen molar-refractivity contribution in [2.24, 2.45) is 0 Å². The van der Waals surface area contributed by atoms with Gasteiger partial charge in [0.05, 0.1) is 18.0 Å². The average Bonchev–Trinajstić information content (AvgIpc) is 2.90. The smallest absolute Gasteiger partial charge is 0.412 e. The molecule has 2 amide bonds. The largest absolute Gasteiger partial charge is 0.491 e. The number of carbonyl (C=O) groups excluding carboxylic acids is 2. The van der Waals surface area contributed by atoms with Crippen molar-refractivity contribution in [1.82, 2.24) is 0 Å². The second-order valence-corrected chi connectivity index (χ2v) is 8.65. The molecule has 0 unspecified atom stereocenters. The molecule has 3 aromatic carbocycles. The fraction of sp³-hybridized carbons (Fsp3) is 0.185. The van der Waals surface area contributed by atoms with E-state index in [0.717, 1.165) is 4.47 Å². The van der Waals surface area contributed by atoms with E-state index in [9.17, 15) is 9.59 Å². The molecule has 194 valence electrons. The lowest BCUT2D eigenvalue weighted by atomic mass is 10.0. The predicted octanol–water partition coefficient (Wildman–Crippen LogP) is 4.90. The number of methoxy groups -OCH3 is 1.